The molecule has 1 unspecified atom stereocenters. The molecule has 2 aromatic carbocycles. The van der Waals surface area contributed by atoms with E-state index in [9.17, 15) is 4.79 Å². The fourth-order valence-electron chi connectivity index (χ4n) is 3.62. The zero-order valence-corrected chi connectivity index (χ0v) is 15.5. The Morgan fingerprint density at radius 2 is 1.85 bits per heavy atom. The van der Waals surface area contributed by atoms with E-state index >= 15 is 0 Å². The first kappa shape index (κ1) is 17.7. The van der Waals surface area contributed by atoms with Crippen molar-refractivity contribution in [2.24, 2.45) is 0 Å². The molecule has 0 spiro atoms. The van der Waals surface area contributed by atoms with Gasteiger partial charge in [-0.1, -0.05) is 30.3 Å². The third kappa shape index (κ3) is 3.34. The molecule has 0 radical (unpaired) electrons. The third-order valence-electron chi connectivity index (χ3n) is 4.86. The van der Waals surface area contributed by atoms with Crippen molar-refractivity contribution in [3.8, 4) is 0 Å². The minimum absolute atomic E-state index is 0.0909. The monoisotopic (exact) mass is 365 g/mol. The van der Waals surface area contributed by atoms with Gasteiger partial charge in [-0.2, -0.15) is 5.10 Å². The molecule has 2 N–H and O–H groups in total. The second kappa shape index (κ2) is 7.50. The number of nitrogens with zero attached hydrogens (tertiary/aromatic N) is 1. The smallest absolute Gasteiger partial charge is 0.272 e. The van der Waals surface area contributed by atoms with Crippen molar-refractivity contribution < 1.29 is 9.47 Å². The standard InChI is InChI=1S/C21H23N3O3/c1-3-26-21(27-4-2)14-10-8-13(9-11-14)17-12-18-19-15(20(25)24-23-18)6-5-7-16(19)22-17/h5-11,17,21-22H,3-4,12H2,1-2H3,(H,24,25). The summed E-state index contributed by atoms with van der Waals surface area (Å²) in [6, 6.07) is 14.1. The summed E-state index contributed by atoms with van der Waals surface area (Å²) < 4.78 is 11.3. The maximum Gasteiger partial charge on any atom is 0.272 e. The minimum atomic E-state index is -0.338. The Morgan fingerprint density at radius 1 is 1.11 bits per heavy atom. The van der Waals surface area contributed by atoms with Gasteiger partial charge in [0.1, 0.15) is 0 Å². The van der Waals surface area contributed by atoms with Gasteiger partial charge in [0.25, 0.3) is 5.56 Å². The van der Waals surface area contributed by atoms with Crippen LogP contribution in [0.15, 0.2) is 47.3 Å². The Balaban J connectivity index is 1.62. The van der Waals surface area contributed by atoms with E-state index in [1.807, 2.05) is 44.2 Å². The van der Waals surface area contributed by atoms with E-state index in [4.69, 9.17) is 9.47 Å². The second-order valence-corrected chi connectivity index (χ2v) is 6.54. The zero-order chi connectivity index (χ0) is 18.8. The van der Waals surface area contributed by atoms with Gasteiger partial charge in [-0.3, -0.25) is 4.79 Å². The molecule has 6 nitrogen and oxygen atoms in total. The first-order valence-corrected chi connectivity index (χ1v) is 9.31. The van der Waals surface area contributed by atoms with Crippen LogP contribution in [0.3, 0.4) is 0 Å². The second-order valence-electron chi connectivity index (χ2n) is 6.54. The van der Waals surface area contributed by atoms with Crippen molar-refractivity contribution in [2.75, 3.05) is 18.5 Å². The number of aromatic amines is 1. The van der Waals surface area contributed by atoms with Crippen molar-refractivity contribution >= 4 is 16.5 Å². The maximum absolute atomic E-state index is 12.0. The summed E-state index contributed by atoms with van der Waals surface area (Å²) in [5.74, 6) is 0. The fraction of sp³-hybridized carbons (Fsp3) is 0.333. The normalized spacial score (nSPS) is 15.9. The third-order valence-corrected chi connectivity index (χ3v) is 4.86. The molecule has 2 heterocycles. The van der Waals surface area contributed by atoms with Crippen LogP contribution >= 0.6 is 0 Å². The molecule has 0 fully saturated rings. The lowest BCUT2D eigenvalue weighted by Gasteiger charge is -2.27. The van der Waals surface area contributed by atoms with Gasteiger partial charge in [0.05, 0.1) is 17.1 Å². The van der Waals surface area contributed by atoms with Gasteiger partial charge in [-0.15, -0.1) is 0 Å². The van der Waals surface area contributed by atoms with Crippen molar-refractivity contribution in [1.29, 1.82) is 0 Å². The largest absolute Gasteiger partial charge is 0.377 e. The van der Waals surface area contributed by atoms with Gasteiger partial charge in [0, 0.05) is 36.3 Å². The number of nitrogens with one attached hydrogen (secondary N) is 2. The molecule has 27 heavy (non-hydrogen) atoms. The summed E-state index contributed by atoms with van der Waals surface area (Å²) >= 11 is 0. The van der Waals surface area contributed by atoms with Crippen LogP contribution in [-0.4, -0.2) is 23.4 Å². The summed E-state index contributed by atoms with van der Waals surface area (Å²) in [5, 5.41) is 12.0. The first-order chi connectivity index (χ1) is 13.2. The van der Waals surface area contributed by atoms with Gasteiger partial charge < -0.3 is 14.8 Å². The molecule has 1 aliphatic rings. The molecule has 1 atom stereocenters. The molecule has 6 heteroatoms. The van der Waals surface area contributed by atoms with Crippen molar-refractivity contribution in [3.63, 3.8) is 0 Å². The number of anilines is 1. The van der Waals surface area contributed by atoms with E-state index < -0.39 is 0 Å². The van der Waals surface area contributed by atoms with Crippen molar-refractivity contribution in [2.45, 2.75) is 32.6 Å². The molecule has 1 aliphatic heterocycles. The quantitative estimate of drug-likeness (QED) is 0.652. The summed E-state index contributed by atoms with van der Waals surface area (Å²) in [4.78, 5) is 12.0. The number of benzene rings is 2. The van der Waals surface area contributed by atoms with Crippen LogP contribution in [0.1, 0.15) is 43.0 Å². The molecular weight excluding hydrogens is 342 g/mol. The van der Waals surface area contributed by atoms with Gasteiger partial charge in [0.2, 0.25) is 0 Å². The predicted octanol–water partition coefficient (Wildman–Crippen LogP) is 3.70. The molecule has 1 aromatic heterocycles. The summed E-state index contributed by atoms with van der Waals surface area (Å²) in [6.07, 6.45) is 0.374. The lowest BCUT2D eigenvalue weighted by atomic mass is 9.93. The van der Waals surface area contributed by atoms with Crippen LogP contribution in [0.2, 0.25) is 0 Å². The molecule has 0 aliphatic carbocycles. The van der Waals surface area contributed by atoms with Crippen LogP contribution in [0.25, 0.3) is 10.8 Å². The highest BCUT2D eigenvalue weighted by Crippen LogP contribution is 2.35. The SMILES string of the molecule is CCOC(OCC)c1ccc(C2Cc3n[nH]c(=O)c4cccc(c34)N2)cc1. The fourth-order valence-corrected chi connectivity index (χ4v) is 3.62. The van der Waals surface area contributed by atoms with E-state index in [0.717, 1.165) is 27.9 Å². The number of rotatable bonds is 6. The summed E-state index contributed by atoms with van der Waals surface area (Å²) in [6.45, 7) is 5.12. The Labute approximate surface area is 157 Å². The minimum Gasteiger partial charge on any atom is -0.377 e. The van der Waals surface area contributed by atoms with Gasteiger partial charge in [-0.05, 0) is 31.5 Å². The average Bonchev–Trinajstić information content (AvgIpc) is 2.70. The van der Waals surface area contributed by atoms with E-state index in [1.165, 1.54) is 0 Å². The Kier molecular flexibility index (Phi) is 4.92. The van der Waals surface area contributed by atoms with Crippen LogP contribution < -0.4 is 10.9 Å². The highest BCUT2D eigenvalue weighted by atomic mass is 16.7. The Hall–Kier alpha value is -2.70. The molecule has 4 rings (SSSR count). The predicted molar refractivity (Wildman–Crippen MR) is 105 cm³/mol. The van der Waals surface area contributed by atoms with E-state index in [0.29, 0.717) is 25.0 Å². The molecule has 140 valence electrons. The lowest BCUT2D eigenvalue weighted by Crippen LogP contribution is -2.22. The molecule has 0 amide bonds. The first-order valence-electron chi connectivity index (χ1n) is 9.31. The molecule has 0 saturated heterocycles. The number of hydrogen-bond donors (Lipinski definition) is 2. The van der Waals surface area contributed by atoms with Crippen LogP contribution in [0.4, 0.5) is 5.69 Å². The van der Waals surface area contributed by atoms with Crippen molar-refractivity contribution in [1.82, 2.24) is 10.2 Å². The average molecular weight is 365 g/mol. The van der Waals surface area contributed by atoms with Gasteiger partial charge in [-0.25, -0.2) is 5.10 Å². The van der Waals surface area contributed by atoms with Crippen molar-refractivity contribution in [3.05, 3.63) is 69.6 Å². The molecule has 3 aromatic rings. The van der Waals surface area contributed by atoms with Crippen LogP contribution in [0, 0.1) is 0 Å². The maximum atomic E-state index is 12.0. The van der Waals surface area contributed by atoms with Gasteiger partial charge >= 0.3 is 0 Å². The highest BCUT2D eigenvalue weighted by molar-refractivity contribution is 5.96. The van der Waals surface area contributed by atoms with Crippen LogP contribution in [0.5, 0.6) is 0 Å². The Morgan fingerprint density at radius 3 is 2.56 bits per heavy atom. The van der Waals surface area contributed by atoms with Crippen LogP contribution in [-0.2, 0) is 15.9 Å². The number of hydrogen-bond acceptors (Lipinski definition) is 5. The topological polar surface area (TPSA) is 76.2 Å². The number of H-pyrrole nitrogens is 1. The van der Waals surface area contributed by atoms with E-state index in [-0.39, 0.29) is 17.9 Å². The van der Waals surface area contributed by atoms with Gasteiger partial charge in [0.15, 0.2) is 6.29 Å². The Bertz CT molecular complexity index is 979. The van der Waals surface area contributed by atoms with E-state index in [2.05, 4.69) is 27.6 Å². The summed E-state index contributed by atoms with van der Waals surface area (Å²) in [7, 11) is 0. The lowest BCUT2D eigenvalue weighted by molar-refractivity contribution is -0.140. The zero-order valence-electron chi connectivity index (χ0n) is 15.5. The number of ether oxygens (including phenoxy) is 2. The molecular formula is C21H23N3O3. The highest BCUT2D eigenvalue weighted by Gasteiger charge is 2.23. The summed E-state index contributed by atoms with van der Waals surface area (Å²) in [5.41, 5.74) is 3.86. The number of aromatic nitrogens is 2. The molecule has 0 saturated carbocycles. The van der Waals surface area contributed by atoms with E-state index in [1.54, 1.807) is 0 Å². The molecule has 0 bridgehead atoms.